The molecule has 10 heteroatoms. The van der Waals surface area contributed by atoms with Crippen LogP contribution in [0.3, 0.4) is 0 Å². The van der Waals surface area contributed by atoms with E-state index in [1.165, 1.54) is 11.3 Å². The summed E-state index contributed by atoms with van der Waals surface area (Å²) in [4.78, 5) is 19.9. The van der Waals surface area contributed by atoms with Crippen molar-refractivity contribution in [2.45, 2.75) is 18.1 Å². The van der Waals surface area contributed by atoms with Gasteiger partial charge in [0.05, 0.1) is 22.7 Å². The number of piperazine rings is 1. The van der Waals surface area contributed by atoms with Crippen LogP contribution < -0.4 is 10.1 Å². The molecule has 33 heavy (non-hydrogen) atoms. The number of benzene rings is 1. The van der Waals surface area contributed by atoms with Crippen LogP contribution in [-0.4, -0.2) is 70.8 Å². The van der Waals surface area contributed by atoms with E-state index in [-0.39, 0.29) is 11.8 Å². The zero-order valence-corrected chi connectivity index (χ0v) is 20.0. The fraction of sp³-hybridized carbons (Fsp3) is 0.391. The smallest absolute Gasteiger partial charge is 0.264 e. The van der Waals surface area contributed by atoms with Crippen molar-refractivity contribution in [1.82, 2.24) is 15.2 Å². The molecule has 1 amide bonds. The van der Waals surface area contributed by atoms with E-state index in [1.807, 2.05) is 23.1 Å². The normalized spacial score (nSPS) is 19.9. The summed E-state index contributed by atoms with van der Waals surface area (Å²) >= 11 is 13.7. The Labute approximate surface area is 204 Å². The molecule has 3 aromatic rings. The maximum Gasteiger partial charge on any atom is 0.264 e. The summed E-state index contributed by atoms with van der Waals surface area (Å²) in [5.41, 5.74) is 1.62. The lowest BCUT2D eigenvalue weighted by molar-refractivity contribution is -0.138. The quantitative estimate of drug-likeness (QED) is 0.459. The number of nitrogens with zero attached hydrogens (tertiary/aromatic N) is 2. The molecule has 1 fully saturated rings. The number of ether oxygens (including phenoxy) is 1. The third-order valence-electron chi connectivity index (χ3n) is 6.14. The Balaban J connectivity index is 1.55. The van der Waals surface area contributed by atoms with Crippen LogP contribution in [-0.2, 0) is 16.8 Å². The van der Waals surface area contributed by atoms with E-state index >= 15 is 0 Å². The molecule has 174 valence electrons. The number of thiophene rings is 1. The minimum atomic E-state index is -1.54. The number of carbonyl (C=O) groups is 1. The highest BCUT2D eigenvalue weighted by molar-refractivity contribution is 7.19. The monoisotopic (exact) mass is 507 g/mol. The van der Waals surface area contributed by atoms with Gasteiger partial charge < -0.3 is 25.2 Å². The van der Waals surface area contributed by atoms with Crippen molar-refractivity contribution in [1.29, 1.82) is 0 Å². The number of fused-ring (bicyclic) bond motifs is 2. The second-order valence-corrected chi connectivity index (χ2v) is 10.1. The van der Waals surface area contributed by atoms with Crippen molar-refractivity contribution >= 4 is 50.7 Å². The predicted octanol–water partition coefficient (Wildman–Crippen LogP) is 2.77. The predicted molar refractivity (Wildman–Crippen MR) is 129 cm³/mol. The number of halogens is 2. The highest BCUT2D eigenvalue weighted by Crippen LogP contribution is 2.45. The van der Waals surface area contributed by atoms with Gasteiger partial charge in [0, 0.05) is 65.4 Å². The van der Waals surface area contributed by atoms with Crippen LogP contribution in [0.25, 0.3) is 21.3 Å². The maximum absolute atomic E-state index is 13.1. The number of hydrogen-bond donors (Lipinski definition) is 3. The van der Waals surface area contributed by atoms with Crippen LogP contribution in [0.2, 0.25) is 5.02 Å². The first-order valence-electron chi connectivity index (χ1n) is 10.7. The average molecular weight is 508 g/mol. The van der Waals surface area contributed by atoms with E-state index in [2.05, 4.69) is 10.3 Å². The fourth-order valence-corrected chi connectivity index (χ4v) is 6.09. The molecule has 3 N–H and O–H groups in total. The molecular formula is C23H23Cl2N3O4S. The fourth-order valence-electron chi connectivity index (χ4n) is 4.32. The van der Waals surface area contributed by atoms with Crippen LogP contribution >= 0.6 is 34.5 Å². The Morgan fingerprint density at radius 2 is 2.09 bits per heavy atom. The van der Waals surface area contributed by atoms with Gasteiger partial charge >= 0.3 is 0 Å². The first-order chi connectivity index (χ1) is 15.9. The zero-order valence-electron chi connectivity index (χ0n) is 17.7. The molecule has 1 aromatic carbocycles. The molecule has 5 rings (SSSR count). The van der Waals surface area contributed by atoms with Gasteiger partial charge in [0.25, 0.3) is 5.91 Å². The number of rotatable bonds is 5. The van der Waals surface area contributed by atoms with Crippen molar-refractivity contribution < 1.29 is 19.7 Å². The first kappa shape index (κ1) is 22.8. The van der Waals surface area contributed by atoms with Gasteiger partial charge in [-0.3, -0.25) is 9.78 Å². The van der Waals surface area contributed by atoms with Gasteiger partial charge in [-0.25, -0.2) is 0 Å². The summed E-state index contributed by atoms with van der Waals surface area (Å²) < 4.78 is 7.05. The lowest BCUT2D eigenvalue weighted by Crippen LogP contribution is -2.50. The van der Waals surface area contributed by atoms with Gasteiger partial charge in [-0.2, -0.15) is 0 Å². The second-order valence-electron chi connectivity index (χ2n) is 8.33. The zero-order chi connectivity index (χ0) is 23.2. The Bertz CT molecular complexity index is 1210. The molecule has 0 radical (unpaired) electrons. The summed E-state index contributed by atoms with van der Waals surface area (Å²) in [6.07, 6.45) is 1.56. The highest BCUT2D eigenvalue weighted by Gasteiger charge is 2.36. The molecule has 0 spiro atoms. The summed E-state index contributed by atoms with van der Waals surface area (Å²) in [6, 6.07) is 7.28. The number of alkyl halides is 1. The van der Waals surface area contributed by atoms with E-state index in [0.717, 1.165) is 34.5 Å². The van der Waals surface area contributed by atoms with Crippen LogP contribution in [0.15, 0.2) is 30.5 Å². The van der Waals surface area contributed by atoms with Gasteiger partial charge in [-0.15, -0.1) is 22.9 Å². The third-order valence-corrected chi connectivity index (χ3v) is 8.15. The SMILES string of the molecule is O=C([C@H]1Cc2cc(Cl)cc(-c3ccnc4cc([C@@](O)(CO)CCl)sc34)c2O1)N1CCNCC1. The van der Waals surface area contributed by atoms with E-state index in [4.69, 9.17) is 27.9 Å². The largest absolute Gasteiger partial charge is 0.479 e. The summed E-state index contributed by atoms with van der Waals surface area (Å²) in [5, 5.41) is 24.2. The molecule has 2 aromatic heterocycles. The molecule has 4 heterocycles. The van der Waals surface area contributed by atoms with Gasteiger partial charge in [-0.1, -0.05) is 11.6 Å². The number of pyridine rings is 1. The molecular weight excluding hydrogens is 485 g/mol. The molecule has 2 aliphatic rings. The summed E-state index contributed by atoms with van der Waals surface area (Å²) in [6.45, 7) is 2.39. The van der Waals surface area contributed by atoms with Crippen molar-refractivity contribution in [3.05, 3.63) is 45.9 Å². The number of amides is 1. The van der Waals surface area contributed by atoms with Gasteiger partial charge in [0.15, 0.2) is 6.10 Å². The Morgan fingerprint density at radius 1 is 1.30 bits per heavy atom. The van der Waals surface area contributed by atoms with E-state index < -0.39 is 18.3 Å². The third kappa shape index (κ3) is 4.09. The lowest BCUT2D eigenvalue weighted by atomic mass is 10.0. The van der Waals surface area contributed by atoms with E-state index in [9.17, 15) is 15.0 Å². The lowest BCUT2D eigenvalue weighted by Gasteiger charge is -2.29. The number of aromatic nitrogens is 1. The van der Waals surface area contributed by atoms with Gasteiger partial charge in [0.2, 0.25) is 0 Å². The van der Waals surface area contributed by atoms with Crippen LogP contribution in [0, 0.1) is 0 Å². The Hall–Kier alpha value is -1.94. The molecule has 1 saturated heterocycles. The Kier molecular flexibility index (Phi) is 6.24. The number of aliphatic hydroxyl groups excluding tert-OH is 1. The van der Waals surface area contributed by atoms with E-state index in [0.29, 0.717) is 40.7 Å². The topological polar surface area (TPSA) is 94.9 Å². The summed E-state index contributed by atoms with van der Waals surface area (Å²) in [5.74, 6) is 0.491. The van der Waals surface area contributed by atoms with Crippen LogP contribution in [0.5, 0.6) is 5.75 Å². The molecule has 0 unspecified atom stereocenters. The van der Waals surface area contributed by atoms with Crippen molar-refractivity contribution in [2.24, 2.45) is 0 Å². The minimum absolute atomic E-state index is 0.0109. The second kappa shape index (κ2) is 9.02. The first-order valence-corrected chi connectivity index (χ1v) is 12.4. The number of hydrogen-bond acceptors (Lipinski definition) is 7. The molecule has 0 aliphatic carbocycles. The molecule has 0 bridgehead atoms. The molecule has 2 atom stereocenters. The number of carbonyl (C=O) groups excluding carboxylic acids is 1. The highest BCUT2D eigenvalue weighted by atomic mass is 35.5. The molecule has 7 nitrogen and oxygen atoms in total. The van der Waals surface area contributed by atoms with Crippen molar-refractivity contribution in [2.75, 3.05) is 38.7 Å². The summed E-state index contributed by atoms with van der Waals surface area (Å²) in [7, 11) is 0. The van der Waals surface area contributed by atoms with Gasteiger partial charge in [-0.05, 0) is 24.3 Å². The maximum atomic E-state index is 13.1. The van der Waals surface area contributed by atoms with Crippen molar-refractivity contribution in [3.63, 3.8) is 0 Å². The number of aliphatic hydroxyl groups is 2. The van der Waals surface area contributed by atoms with E-state index in [1.54, 1.807) is 12.3 Å². The van der Waals surface area contributed by atoms with Gasteiger partial charge in [0.1, 0.15) is 11.4 Å². The average Bonchev–Trinajstić information content (AvgIpc) is 3.47. The van der Waals surface area contributed by atoms with Crippen LogP contribution in [0.1, 0.15) is 10.4 Å². The van der Waals surface area contributed by atoms with Crippen LogP contribution in [0.4, 0.5) is 0 Å². The Morgan fingerprint density at radius 3 is 2.82 bits per heavy atom. The number of nitrogens with one attached hydrogen (secondary N) is 1. The molecule has 0 saturated carbocycles. The van der Waals surface area contributed by atoms with Crippen molar-refractivity contribution in [3.8, 4) is 16.9 Å². The standard InChI is InChI=1S/C23H23Cl2N3O4S/c24-11-23(31,12-29)19-10-17-21(33-19)15(1-2-27-17)16-9-14(25)7-13-8-18(32-20(13)16)22(30)28-5-3-26-4-6-28/h1-2,7,9-10,18,26,29,31H,3-6,8,11-12H2/t18-,23+/m1/s1. The minimum Gasteiger partial charge on any atom is -0.479 e. The molecule has 2 aliphatic heterocycles.